The molecule has 0 aromatic heterocycles. The molecule has 0 aliphatic heterocycles. The number of unbranched alkanes of at least 4 members (excludes halogenated alkanes) is 50. The van der Waals surface area contributed by atoms with E-state index < -0.39 is 12.1 Å². The van der Waals surface area contributed by atoms with E-state index in [1.54, 1.807) is 6.08 Å². The fourth-order valence-corrected chi connectivity index (χ4v) is 10.8. The van der Waals surface area contributed by atoms with Gasteiger partial charge < -0.3 is 20.3 Å². The van der Waals surface area contributed by atoms with Crippen LogP contribution >= 0.6 is 0 Å². The molecule has 1 amide bonds. The van der Waals surface area contributed by atoms with Crippen LogP contribution in [0, 0.1) is 0 Å². The van der Waals surface area contributed by atoms with Gasteiger partial charge in [-0.2, -0.15) is 0 Å². The Labute approximate surface area is 481 Å². The molecule has 0 rings (SSSR count). The summed E-state index contributed by atoms with van der Waals surface area (Å²) < 4.78 is 5.48. The number of aliphatic hydroxyl groups is 2. The van der Waals surface area contributed by atoms with Crippen LogP contribution in [0.1, 0.15) is 380 Å². The molecule has 77 heavy (non-hydrogen) atoms. The maximum Gasteiger partial charge on any atom is 0.305 e. The minimum atomic E-state index is -0.848. The van der Waals surface area contributed by atoms with Crippen LogP contribution in [0.2, 0.25) is 0 Å². The van der Waals surface area contributed by atoms with Crippen LogP contribution in [-0.2, 0) is 14.3 Å². The average molecular weight is 1080 g/mol. The van der Waals surface area contributed by atoms with Crippen molar-refractivity contribution in [3.05, 3.63) is 36.5 Å². The molecule has 2 unspecified atom stereocenters. The van der Waals surface area contributed by atoms with Gasteiger partial charge in [-0.3, -0.25) is 9.59 Å². The quantitative estimate of drug-likeness (QED) is 0.0320. The average Bonchev–Trinajstić information content (AvgIpc) is 3.43. The molecule has 0 aliphatic rings. The lowest BCUT2D eigenvalue weighted by atomic mass is 10.0. The van der Waals surface area contributed by atoms with Crippen LogP contribution < -0.4 is 5.32 Å². The predicted octanol–water partition coefficient (Wildman–Crippen LogP) is 22.3. The van der Waals surface area contributed by atoms with Crippen LogP contribution in [0.3, 0.4) is 0 Å². The molecule has 0 heterocycles. The molecule has 0 aromatic carbocycles. The topological polar surface area (TPSA) is 95.9 Å². The molecule has 0 saturated heterocycles. The highest BCUT2D eigenvalue weighted by molar-refractivity contribution is 5.76. The molecule has 0 bridgehead atoms. The molecule has 454 valence electrons. The Hall–Kier alpha value is -1.92. The van der Waals surface area contributed by atoms with Crippen molar-refractivity contribution in [1.82, 2.24) is 5.32 Å². The van der Waals surface area contributed by atoms with Gasteiger partial charge in [0.05, 0.1) is 25.4 Å². The minimum absolute atomic E-state index is 0.00412. The number of rotatable bonds is 65. The monoisotopic (exact) mass is 1080 g/mol. The van der Waals surface area contributed by atoms with Crippen LogP contribution in [0.4, 0.5) is 0 Å². The van der Waals surface area contributed by atoms with Crippen LogP contribution in [0.5, 0.6) is 0 Å². The number of esters is 1. The lowest BCUT2D eigenvalue weighted by Crippen LogP contribution is -2.45. The number of nitrogens with one attached hydrogen (secondary N) is 1. The number of aliphatic hydroxyl groups excluding tert-OH is 2. The van der Waals surface area contributed by atoms with Gasteiger partial charge >= 0.3 is 5.97 Å². The van der Waals surface area contributed by atoms with E-state index in [9.17, 15) is 19.8 Å². The smallest absolute Gasteiger partial charge is 0.305 e. The first-order valence-corrected chi connectivity index (χ1v) is 34.8. The Morgan fingerprint density at radius 3 is 0.935 bits per heavy atom. The zero-order valence-corrected chi connectivity index (χ0v) is 52.0. The summed E-state index contributed by atoms with van der Waals surface area (Å²) in [5, 5.41) is 23.2. The number of amides is 1. The standard InChI is InChI=1S/C71H135NO5/c1-3-5-7-9-11-13-15-17-18-19-20-21-27-30-33-36-40-43-47-51-55-59-63-69(74)68(67-73)72-70(75)64-60-56-52-48-44-41-37-34-31-28-25-23-22-24-26-29-32-35-38-42-46-50-54-58-62-66-77-71(76)65-61-57-53-49-45-39-16-14-12-10-8-6-4-2/h14,16,23,25,59,63,68-69,73-74H,3-13,15,17-22,24,26-58,60-62,64-67H2,1-2H3,(H,72,75)/b16-14-,25-23-,63-59+. The summed E-state index contributed by atoms with van der Waals surface area (Å²) in [5.41, 5.74) is 0. The third-order valence-corrected chi connectivity index (χ3v) is 16.1. The summed E-state index contributed by atoms with van der Waals surface area (Å²) in [6.07, 6.45) is 85.0. The number of carbonyl (C=O) groups excluding carboxylic acids is 2. The van der Waals surface area contributed by atoms with Crippen molar-refractivity contribution in [3.8, 4) is 0 Å². The molecular weight excluding hydrogens is 947 g/mol. The van der Waals surface area contributed by atoms with Gasteiger partial charge in [-0.05, 0) is 83.5 Å². The third kappa shape index (κ3) is 63.1. The van der Waals surface area contributed by atoms with E-state index >= 15 is 0 Å². The van der Waals surface area contributed by atoms with E-state index in [4.69, 9.17) is 4.74 Å². The molecule has 0 spiro atoms. The Morgan fingerprint density at radius 2 is 0.610 bits per heavy atom. The largest absolute Gasteiger partial charge is 0.466 e. The van der Waals surface area contributed by atoms with Crippen molar-refractivity contribution >= 4 is 11.9 Å². The highest BCUT2D eigenvalue weighted by atomic mass is 16.5. The number of allylic oxidation sites excluding steroid dienone is 5. The van der Waals surface area contributed by atoms with Crippen molar-refractivity contribution < 1.29 is 24.5 Å². The van der Waals surface area contributed by atoms with E-state index in [-0.39, 0.29) is 18.5 Å². The number of hydrogen-bond acceptors (Lipinski definition) is 5. The second-order valence-corrected chi connectivity index (χ2v) is 23.9. The van der Waals surface area contributed by atoms with E-state index in [2.05, 4.69) is 43.5 Å². The molecule has 3 N–H and O–H groups in total. The van der Waals surface area contributed by atoms with Gasteiger partial charge in [0.15, 0.2) is 0 Å². The first-order chi connectivity index (χ1) is 38.0. The van der Waals surface area contributed by atoms with Crippen molar-refractivity contribution in [2.45, 2.75) is 392 Å². The van der Waals surface area contributed by atoms with Crippen molar-refractivity contribution in [3.63, 3.8) is 0 Å². The van der Waals surface area contributed by atoms with Crippen molar-refractivity contribution in [1.29, 1.82) is 0 Å². The molecule has 0 saturated carbocycles. The predicted molar refractivity (Wildman–Crippen MR) is 338 cm³/mol. The maximum atomic E-state index is 12.5. The number of carbonyl (C=O) groups is 2. The number of ether oxygens (including phenoxy) is 1. The molecule has 0 radical (unpaired) electrons. The van der Waals surface area contributed by atoms with E-state index in [1.807, 2.05) is 6.08 Å². The summed E-state index contributed by atoms with van der Waals surface area (Å²) in [5.74, 6) is -0.0635. The van der Waals surface area contributed by atoms with Gasteiger partial charge in [0, 0.05) is 12.8 Å². The zero-order valence-electron chi connectivity index (χ0n) is 52.0. The lowest BCUT2D eigenvalue weighted by Gasteiger charge is -2.20. The summed E-state index contributed by atoms with van der Waals surface area (Å²) in [6.45, 7) is 4.91. The van der Waals surface area contributed by atoms with Gasteiger partial charge in [0.2, 0.25) is 5.91 Å². The lowest BCUT2D eigenvalue weighted by molar-refractivity contribution is -0.143. The Bertz CT molecular complexity index is 1250. The SMILES string of the molecule is CCCCCC/C=C\CCCCCCCC(=O)OCCCCCCCCCCCCCC/C=C\CCCCCCCCCCCC(=O)NC(CO)C(O)/C=C/CCCCCCCCCCCCCCCCCCCCCC. The highest BCUT2D eigenvalue weighted by Gasteiger charge is 2.18. The molecule has 6 heteroatoms. The van der Waals surface area contributed by atoms with Gasteiger partial charge in [0.1, 0.15) is 0 Å². The Kier molecular flexibility index (Phi) is 64.9. The van der Waals surface area contributed by atoms with Crippen LogP contribution in [0.25, 0.3) is 0 Å². The van der Waals surface area contributed by atoms with E-state index in [0.29, 0.717) is 19.4 Å². The maximum absolute atomic E-state index is 12.5. The fraction of sp³-hybridized carbons (Fsp3) is 0.887. The first-order valence-electron chi connectivity index (χ1n) is 34.8. The third-order valence-electron chi connectivity index (χ3n) is 16.1. The molecule has 0 fully saturated rings. The normalized spacial score (nSPS) is 12.7. The molecular formula is C71H135NO5. The van der Waals surface area contributed by atoms with Crippen molar-refractivity contribution in [2.24, 2.45) is 0 Å². The van der Waals surface area contributed by atoms with E-state index in [0.717, 1.165) is 44.9 Å². The Morgan fingerprint density at radius 1 is 0.351 bits per heavy atom. The second-order valence-electron chi connectivity index (χ2n) is 23.9. The van der Waals surface area contributed by atoms with Gasteiger partial charge in [-0.15, -0.1) is 0 Å². The first kappa shape index (κ1) is 75.1. The zero-order chi connectivity index (χ0) is 55.7. The van der Waals surface area contributed by atoms with Gasteiger partial charge in [-0.25, -0.2) is 0 Å². The summed E-state index contributed by atoms with van der Waals surface area (Å²) in [4.78, 5) is 24.6. The summed E-state index contributed by atoms with van der Waals surface area (Å²) >= 11 is 0. The molecule has 0 aliphatic carbocycles. The van der Waals surface area contributed by atoms with Crippen LogP contribution in [-0.4, -0.2) is 47.4 Å². The van der Waals surface area contributed by atoms with Gasteiger partial charge in [0.25, 0.3) is 0 Å². The summed E-state index contributed by atoms with van der Waals surface area (Å²) in [7, 11) is 0. The van der Waals surface area contributed by atoms with Crippen molar-refractivity contribution in [2.75, 3.05) is 13.2 Å². The molecule has 2 atom stereocenters. The van der Waals surface area contributed by atoms with E-state index in [1.165, 1.54) is 308 Å². The highest BCUT2D eigenvalue weighted by Crippen LogP contribution is 2.18. The minimum Gasteiger partial charge on any atom is -0.466 e. The fourth-order valence-electron chi connectivity index (χ4n) is 10.8. The molecule has 6 nitrogen and oxygen atoms in total. The second kappa shape index (κ2) is 66.6. The van der Waals surface area contributed by atoms with Gasteiger partial charge in [-0.1, -0.05) is 320 Å². The summed E-state index contributed by atoms with van der Waals surface area (Å²) in [6, 6.07) is -0.632. The van der Waals surface area contributed by atoms with Crippen LogP contribution in [0.15, 0.2) is 36.5 Å². The molecule has 0 aromatic rings. The number of hydrogen-bond donors (Lipinski definition) is 3. The Balaban J connectivity index is 3.43.